The molecule has 0 aliphatic heterocycles. The van der Waals surface area contributed by atoms with Crippen molar-refractivity contribution in [1.82, 2.24) is 0 Å². The summed E-state index contributed by atoms with van der Waals surface area (Å²) in [6.07, 6.45) is 5.17. The van der Waals surface area contributed by atoms with Crippen LogP contribution in [0.1, 0.15) is 36.8 Å². The number of hydrogen-bond donors (Lipinski definition) is 0. The molecule has 0 radical (unpaired) electrons. The Hall–Kier alpha value is -6.06. The van der Waals surface area contributed by atoms with E-state index in [1.165, 1.54) is 42.5 Å². The van der Waals surface area contributed by atoms with Gasteiger partial charge in [-0.05, 0) is 121 Å². The quantitative estimate of drug-likeness (QED) is 0.160. The molecule has 2 unspecified atom stereocenters. The number of nitrogens with zero attached hydrogens (tertiary/aromatic N) is 2. The summed E-state index contributed by atoms with van der Waals surface area (Å²) in [5.41, 5.74) is 11.5. The van der Waals surface area contributed by atoms with Crippen LogP contribution in [0.25, 0.3) is 21.9 Å². The minimum Gasteiger partial charge on any atom is -0.456 e. The van der Waals surface area contributed by atoms with Gasteiger partial charge >= 0.3 is 0 Å². The first kappa shape index (κ1) is 30.7. The van der Waals surface area contributed by atoms with Crippen molar-refractivity contribution in [2.45, 2.75) is 31.1 Å². The molecule has 252 valence electrons. The fourth-order valence-corrected chi connectivity index (χ4v) is 9.50. The zero-order valence-corrected chi connectivity index (χ0v) is 29.1. The van der Waals surface area contributed by atoms with E-state index in [-0.39, 0.29) is 5.41 Å². The molecule has 0 saturated heterocycles. The van der Waals surface area contributed by atoms with E-state index in [1.807, 2.05) is 12.1 Å². The second-order valence-corrected chi connectivity index (χ2v) is 14.6. The Labute approximate surface area is 305 Å². The second-order valence-electron chi connectivity index (χ2n) is 14.6. The molecule has 1 aromatic heterocycles. The Bertz CT molecular complexity index is 2430. The van der Waals surface area contributed by atoms with Crippen LogP contribution in [0.2, 0.25) is 0 Å². The second kappa shape index (κ2) is 12.6. The SMILES string of the molecule is c1ccc(N(c2ccccc2)c2ccc([C@]3(c4ccc(N(c5ccccc5)c5ccc6c(c5)oc5ccccc56)cc4)CC4CCC3C4)cc2)cc1. The number of anilines is 6. The van der Waals surface area contributed by atoms with Crippen molar-refractivity contribution in [3.8, 4) is 0 Å². The van der Waals surface area contributed by atoms with E-state index in [0.717, 1.165) is 56.3 Å². The lowest BCUT2D eigenvalue weighted by atomic mass is 9.64. The third-order valence-corrected chi connectivity index (χ3v) is 11.8. The summed E-state index contributed by atoms with van der Waals surface area (Å²) in [6, 6.07) is 65.9. The van der Waals surface area contributed by atoms with Crippen LogP contribution in [0.4, 0.5) is 34.1 Å². The van der Waals surface area contributed by atoms with Gasteiger partial charge in [-0.2, -0.15) is 0 Å². The molecular formula is C49H40N2O. The van der Waals surface area contributed by atoms with E-state index >= 15 is 0 Å². The van der Waals surface area contributed by atoms with Crippen LogP contribution in [0.5, 0.6) is 0 Å². The molecule has 7 aromatic carbocycles. The van der Waals surface area contributed by atoms with Gasteiger partial charge in [-0.1, -0.05) is 103 Å². The van der Waals surface area contributed by atoms with Crippen molar-refractivity contribution in [2.75, 3.05) is 9.80 Å². The summed E-state index contributed by atoms with van der Waals surface area (Å²) in [5.74, 6) is 1.43. The van der Waals surface area contributed by atoms with E-state index in [9.17, 15) is 0 Å². The van der Waals surface area contributed by atoms with Gasteiger partial charge < -0.3 is 14.2 Å². The Balaban J connectivity index is 1.04. The Morgan fingerprint density at radius 1 is 0.423 bits per heavy atom. The van der Waals surface area contributed by atoms with Crippen LogP contribution in [-0.4, -0.2) is 0 Å². The molecule has 2 saturated carbocycles. The van der Waals surface area contributed by atoms with E-state index in [2.05, 4.69) is 180 Å². The maximum atomic E-state index is 6.34. The number of hydrogen-bond acceptors (Lipinski definition) is 3. The zero-order chi connectivity index (χ0) is 34.5. The van der Waals surface area contributed by atoms with Crippen LogP contribution in [0, 0.1) is 11.8 Å². The van der Waals surface area contributed by atoms with Crippen LogP contribution < -0.4 is 9.80 Å². The largest absolute Gasteiger partial charge is 0.456 e. The highest BCUT2D eigenvalue weighted by molar-refractivity contribution is 6.06. The Morgan fingerprint density at radius 3 is 1.40 bits per heavy atom. The van der Waals surface area contributed by atoms with Gasteiger partial charge in [-0.15, -0.1) is 0 Å². The molecule has 2 aliphatic rings. The highest BCUT2D eigenvalue weighted by Crippen LogP contribution is 2.60. The molecule has 3 nitrogen and oxygen atoms in total. The minimum atomic E-state index is 0.00899. The molecule has 2 fully saturated rings. The fraction of sp³-hybridized carbons (Fsp3) is 0.143. The molecule has 3 heteroatoms. The molecule has 52 heavy (non-hydrogen) atoms. The maximum absolute atomic E-state index is 6.34. The van der Waals surface area contributed by atoms with Gasteiger partial charge in [0.1, 0.15) is 11.2 Å². The summed E-state index contributed by atoms with van der Waals surface area (Å²) in [4.78, 5) is 4.70. The zero-order valence-electron chi connectivity index (χ0n) is 29.1. The first-order valence-electron chi connectivity index (χ1n) is 18.6. The Morgan fingerprint density at radius 2 is 0.885 bits per heavy atom. The monoisotopic (exact) mass is 672 g/mol. The van der Waals surface area contributed by atoms with Gasteiger partial charge in [-0.3, -0.25) is 0 Å². The number of benzene rings is 7. The van der Waals surface area contributed by atoms with Crippen LogP contribution in [0.3, 0.4) is 0 Å². The molecule has 0 N–H and O–H groups in total. The summed E-state index contributed by atoms with van der Waals surface area (Å²) in [7, 11) is 0. The third kappa shape index (κ3) is 5.11. The van der Waals surface area contributed by atoms with Crippen LogP contribution in [-0.2, 0) is 5.41 Å². The predicted molar refractivity (Wildman–Crippen MR) is 216 cm³/mol. The normalized spacial score (nSPS) is 19.3. The lowest BCUT2D eigenvalue weighted by Gasteiger charge is -2.40. The highest BCUT2D eigenvalue weighted by Gasteiger charge is 2.52. The highest BCUT2D eigenvalue weighted by atomic mass is 16.3. The average molecular weight is 673 g/mol. The molecule has 2 aliphatic carbocycles. The van der Waals surface area contributed by atoms with Crippen molar-refractivity contribution in [2.24, 2.45) is 11.8 Å². The van der Waals surface area contributed by atoms with Gasteiger partial charge in [0.05, 0.1) is 0 Å². The molecule has 1 heterocycles. The first-order valence-corrected chi connectivity index (χ1v) is 18.6. The maximum Gasteiger partial charge on any atom is 0.137 e. The molecule has 3 atom stereocenters. The predicted octanol–water partition coefficient (Wildman–Crippen LogP) is 13.6. The van der Waals surface area contributed by atoms with E-state index in [0.29, 0.717) is 5.92 Å². The number of para-hydroxylation sites is 4. The summed E-state index contributed by atoms with van der Waals surface area (Å²) in [6.45, 7) is 0. The number of fused-ring (bicyclic) bond motifs is 5. The van der Waals surface area contributed by atoms with Crippen molar-refractivity contribution in [1.29, 1.82) is 0 Å². The summed E-state index contributed by atoms with van der Waals surface area (Å²) >= 11 is 0. The van der Waals surface area contributed by atoms with Crippen molar-refractivity contribution < 1.29 is 4.42 Å². The smallest absolute Gasteiger partial charge is 0.137 e. The van der Waals surface area contributed by atoms with Gasteiger partial charge in [-0.25, -0.2) is 0 Å². The van der Waals surface area contributed by atoms with Gasteiger partial charge in [0.15, 0.2) is 0 Å². The van der Waals surface area contributed by atoms with Crippen molar-refractivity contribution in [3.63, 3.8) is 0 Å². The molecule has 2 bridgehead atoms. The number of furan rings is 1. The minimum absolute atomic E-state index is 0.00899. The van der Waals surface area contributed by atoms with Gasteiger partial charge in [0, 0.05) is 56.4 Å². The van der Waals surface area contributed by atoms with Gasteiger partial charge in [0.2, 0.25) is 0 Å². The topological polar surface area (TPSA) is 19.6 Å². The molecule has 0 amide bonds. The summed E-state index contributed by atoms with van der Waals surface area (Å²) < 4.78 is 6.34. The standard InChI is InChI=1S/C49H40N2O/c1-4-12-39(13-5-1)50(40-14-6-2-7-15-40)42-26-22-36(23-27-42)49(34-35-20-21-38(49)32-35)37-24-28-43(29-25-37)51(41-16-8-3-9-17-41)44-30-31-46-45-18-10-11-19-47(45)52-48(46)33-44/h1-19,22-31,33,35,38H,20-21,32,34H2/t35?,38?,49-/m0/s1. The van der Waals surface area contributed by atoms with E-state index in [1.54, 1.807) is 0 Å². The molecular weight excluding hydrogens is 633 g/mol. The van der Waals surface area contributed by atoms with E-state index < -0.39 is 0 Å². The molecule has 8 aromatic rings. The number of rotatable bonds is 8. The van der Waals surface area contributed by atoms with Crippen LogP contribution >= 0.6 is 0 Å². The Kier molecular flexibility index (Phi) is 7.46. The fourth-order valence-electron chi connectivity index (χ4n) is 9.50. The van der Waals surface area contributed by atoms with Gasteiger partial charge in [0.25, 0.3) is 0 Å². The van der Waals surface area contributed by atoms with Crippen LogP contribution in [0.15, 0.2) is 186 Å². The lowest BCUT2D eigenvalue weighted by molar-refractivity contribution is 0.320. The van der Waals surface area contributed by atoms with Crippen molar-refractivity contribution >= 4 is 56.1 Å². The average Bonchev–Trinajstić information content (AvgIpc) is 3.94. The lowest BCUT2D eigenvalue weighted by Crippen LogP contribution is -2.34. The first-order chi connectivity index (χ1) is 25.7. The molecule has 0 spiro atoms. The van der Waals surface area contributed by atoms with Crippen molar-refractivity contribution in [3.05, 3.63) is 193 Å². The molecule has 10 rings (SSSR count). The summed E-state index contributed by atoms with van der Waals surface area (Å²) in [5, 5.41) is 2.29. The van der Waals surface area contributed by atoms with E-state index in [4.69, 9.17) is 4.42 Å². The third-order valence-electron chi connectivity index (χ3n) is 11.8.